The number of carbonyl (C=O) groups excluding carboxylic acids is 2. The van der Waals surface area contributed by atoms with Gasteiger partial charge in [-0.15, -0.1) is 0 Å². The average molecular weight is 276 g/mol. The molecule has 0 saturated heterocycles. The Morgan fingerprint density at radius 1 is 1.20 bits per heavy atom. The van der Waals surface area contributed by atoms with Crippen LogP contribution in [0.4, 0.5) is 11.4 Å². The van der Waals surface area contributed by atoms with E-state index in [0.29, 0.717) is 17.4 Å². The highest BCUT2D eigenvalue weighted by molar-refractivity contribution is 5.92. The predicted molar refractivity (Wildman–Crippen MR) is 78.1 cm³/mol. The highest BCUT2D eigenvalue weighted by Crippen LogP contribution is 2.18. The zero-order valence-electron chi connectivity index (χ0n) is 11.6. The molecule has 2 amide bonds. The molecule has 0 bridgehead atoms. The van der Waals surface area contributed by atoms with E-state index in [9.17, 15) is 9.59 Å². The van der Waals surface area contributed by atoms with Gasteiger partial charge >= 0.3 is 0 Å². The minimum Gasteiger partial charge on any atom is -0.399 e. The van der Waals surface area contributed by atoms with Gasteiger partial charge in [-0.05, 0) is 44.2 Å². The molecule has 0 radical (unpaired) electrons. The van der Waals surface area contributed by atoms with Crippen molar-refractivity contribution in [3.8, 4) is 0 Å². The summed E-state index contributed by atoms with van der Waals surface area (Å²) in [6.07, 6.45) is 2.13. The van der Waals surface area contributed by atoms with Gasteiger partial charge in [-0.1, -0.05) is 0 Å². The van der Waals surface area contributed by atoms with Crippen molar-refractivity contribution in [1.82, 2.24) is 10.2 Å². The summed E-state index contributed by atoms with van der Waals surface area (Å²) in [7, 11) is 1.75. The first-order chi connectivity index (χ1) is 9.52. The molecule has 1 aliphatic carbocycles. The van der Waals surface area contributed by atoms with Crippen LogP contribution in [0.1, 0.15) is 12.8 Å². The number of anilines is 2. The second kappa shape index (κ2) is 6.38. The first-order valence-electron chi connectivity index (χ1n) is 6.66. The normalized spacial score (nSPS) is 14.1. The van der Waals surface area contributed by atoms with Gasteiger partial charge in [0.15, 0.2) is 0 Å². The van der Waals surface area contributed by atoms with Gasteiger partial charge in [-0.3, -0.25) is 14.5 Å². The van der Waals surface area contributed by atoms with E-state index in [0.717, 1.165) is 12.8 Å². The topological polar surface area (TPSA) is 87.5 Å². The van der Waals surface area contributed by atoms with Crippen LogP contribution < -0.4 is 16.4 Å². The van der Waals surface area contributed by atoms with Crippen LogP contribution in [-0.4, -0.2) is 42.9 Å². The molecule has 108 valence electrons. The molecular weight excluding hydrogens is 256 g/mol. The van der Waals surface area contributed by atoms with Crippen LogP contribution in [0.5, 0.6) is 0 Å². The van der Waals surface area contributed by atoms with E-state index >= 15 is 0 Å². The molecule has 0 atom stereocenters. The van der Waals surface area contributed by atoms with Gasteiger partial charge in [0, 0.05) is 17.4 Å². The zero-order chi connectivity index (χ0) is 14.5. The number of rotatable bonds is 6. The first kappa shape index (κ1) is 14.3. The Labute approximate surface area is 118 Å². The van der Waals surface area contributed by atoms with Gasteiger partial charge in [-0.25, -0.2) is 0 Å². The second-order valence-electron chi connectivity index (χ2n) is 5.18. The number of nitrogens with two attached hydrogens (primary N) is 1. The number of nitrogen functional groups attached to an aromatic ring is 1. The fourth-order valence-corrected chi connectivity index (χ4v) is 1.81. The Balaban J connectivity index is 1.72. The maximum Gasteiger partial charge on any atom is 0.238 e. The summed E-state index contributed by atoms with van der Waals surface area (Å²) in [5.74, 6) is -0.188. The van der Waals surface area contributed by atoms with Crippen LogP contribution in [0.2, 0.25) is 0 Å². The Morgan fingerprint density at radius 2 is 1.80 bits per heavy atom. The van der Waals surface area contributed by atoms with Crippen molar-refractivity contribution in [2.24, 2.45) is 0 Å². The number of hydrogen-bond donors (Lipinski definition) is 3. The van der Waals surface area contributed by atoms with E-state index in [2.05, 4.69) is 10.6 Å². The summed E-state index contributed by atoms with van der Waals surface area (Å²) in [5.41, 5.74) is 6.92. The van der Waals surface area contributed by atoms with E-state index in [1.54, 1.807) is 36.2 Å². The van der Waals surface area contributed by atoms with Crippen LogP contribution in [0, 0.1) is 0 Å². The molecule has 6 heteroatoms. The molecule has 1 fully saturated rings. The molecule has 1 aromatic carbocycles. The van der Waals surface area contributed by atoms with E-state index in [-0.39, 0.29) is 24.9 Å². The number of carbonyl (C=O) groups is 2. The van der Waals surface area contributed by atoms with Gasteiger partial charge in [0.2, 0.25) is 11.8 Å². The lowest BCUT2D eigenvalue weighted by molar-refractivity contribution is -0.123. The lowest BCUT2D eigenvalue weighted by Gasteiger charge is -2.15. The summed E-state index contributed by atoms with van der Waals surface area (Å²) in [4.78, 5) is 25.1. The molecule has 1 aliphatic rings. The van der Waals surface area contributed by atoms with E-state index in [4.69, 9.17) is 5.73 Å². The van der Waals surface area contributed by atoms with Crippen molar-refractivity contribution in [2.75, 3.05) is 31.2 Å². The fraction of sp³-hybridized carbons (Fsp3) is 0.429. The Kier molecular flexibility index (Phi) is 4.57. The predicted octanol–water partition coefficient (Wildman–Crippen LogP) is 0.418. The van der Waals surface area contributed by atoms with Crippen LogP contribution in [0.15, 0.2) is 24.3 Å². The van der Waals surface area contributed by atoms with Crippen molar-refractivity contribution in [3.63, 3.8) is 0 Å². The highest BCUT2D eigenvalue weighted by Gasteiger charge is 2.23. The molecule has 0 unspecified atom stereocenters. The third-order valence-corrected chi connectivity index (χ3v) is 2.96. The van der Waals surface area contributed by atoms with Crippen molar-refractivity contribution < 1.29 is 9.59 Å². The van der Waals surface area contributed by atoms with Gasteiger partial charge in [-0.2, -0.15) is 0 Å². The number of hydrogen-bond acceptors (Lipinski definition) is 4. The molecule has 2 rings (SSSR count). The fourth-order valence-electron chi connectivity index (χ4n) is 1.81. The molecule has 1 saturated carbocycles. The van der Waals surface area contributed by atoms with Crippen molar-refractivity contribution >= 4 is 23.2 Å². The number of amides is 2. The van der Waals surface area contributed by atoms with Gasteiger partial charge in [0.25, 0.3) is 0 Å². The molecular formula is C14H20N4O2. The molecule has 0 spiro atoms. The average Bonchev–Trinajstić information content (AvgIpc) is 3.15. The van der Waals surface area contributed by atoms with Crippen molar-refractivity contribution in [2.45, 2.75) is 18.9 Å². The standard InChI is InChI=1S/C14H20N4O2/c1-18(9-14(20)17-12-6-7-12)8-13(19)16-11-4-2-10(15)3-5-11/h2-5,12H,6-9,15H2,1H3,(H,16,19)(H,17,20). The third kappa shape index (κ3) is 4.89. The minimum atomic E-state index is -0.156. The Bertz CT molecular complexity index is 482. The van der Waals surface area contributed by atoms with Gasteiger partial charge < -0.3 is 16.4 Å². The maximum atomic E-state index is 11.8. The highest BCUT2D eigenvalue weighted by atomic mass is 16.2. The monoisotopic (exact) mass is 276 g/mol. The van der Waals surface area contributed by atoms with Crippen LogP contribution in [0.3, 0.4) is 0 Å². The summed E-state index contributed by atoms with van der Waals surface area (Å²) >= 11 is 0. The van der Waals surface area contributed by atoms with E-state index in [1.807, 2.05) is 0 Å². The molecule has 4 N–H and O–H groups in total. The van der Waals surface area contributed by atoms with Gasteiger partial charge in [0.1, 0.15) is 0 Å². The van der Waals surface area contributed by atoms with Gasteiger partial charge in [0.05, 0.1) is 13.1 Å². The number of likely N-dealkylation sites (N-methyl/N-ethyl adjacent to an activating group) is 1. The number of benzene rings is 1. The largest absolute Gasteiger partial charge is 0.399 e. The Hall–Kier alpha value is -2.08. The van der Waals surface area contributed by atoms with E-state index in [1.165, 1.54) is 0 Å². The van der Waals surface area contributed by atoms with E-state index < -0.39 is 0 Å². The molecule has 20 heavy (non-hydrogen) atoms. The summed E-state index contributed by atoms with van der Waals surface area (Å²) in [6.45, 7) is 0.397. The maximum absolute atomic E-state index is 11.8. The summed E-state index contributed by atoms with van der Waals surface area (Å²) in [6, 6.07) is 7.28. The summed E-state index contributed by atoms with van der Waals surface area (Å²) < 4.78 is 0. The molecule has 0 aromatic heterocycles. The number of nitrogens with zero attached hydrogens (tertiary/aromatic N) is 1. The quantitative estimate of drug-likeness (QED) is 0.657. The zero-order valence-corrected chi connectivity index (χ0v) is 11.6. The van der Waals surface area contributed by atoms with Crippen LogP contribution in [0.25, 0.3) is 0 Å². The van der Waals surface area contributed by atoms with Crippen LogP contribution >= 0.6 is 0 Å². The molecule has 6 nitrogen and oxygen atoms in total. The SMILES string of the molecule is CN(CC(=O)Nc1ccc(N)cc1)CC(=O)NC1CC1. The second-order valence-corrected chi connectivity index (χ2v) is 5.18. The van der Waals surface area contributed by atoms with Crippen molar-refractivity contribution in [1.29, 1.82) is 0 Å². The molecule has 1 aromatic rings. The Morgan fingerprint density at radius 3 is 2.40 bits per heavy atom. The van der Waals surface area contributed by atoms with Crippen LogP contribution in [-0.2, 0) is 9.59 Å². The smallest absolute Gasteiger partial charge is 0.238 e. The summed E-state index contributed by atoms with van der Waals surface area (Å²) in [5, 5.41) is 5.65. The number of nitrogens with one attached hydrogen (secondary N) is 2. The minimum absolute atomic E-state index is 0.0321. The molecule has 0 aliphatic heterocycles. The lowest BCUT2D eigenvalue weighted by Crippen LogP contribution is -2.39. The lowest BCUT2D eigenvalue weighted by atomic mass is 10.3. The van der Waals surface area contributed by atoms with Crippen molar-refractivity contribution in [3.05, 3.63) is 24.3 Å². The molecule has 0 heterocycles. The first-order valence-corrected chi connectivity index (χ1v) is 6.66. The third-order valence-electron chi connectivity index (χ3n) is 2.96.